The Morgan fingerprint density at radius 3 is 1.55 bits per heavy atom. The molecule has 0 saturated heterocycles. The Balaban J connectivity index is 1.29. The van der Waals surface area contributed by atoms with E-state index in [1.807, 2.05) is 11.3 Å². The Kier molecular flexibility index (Phi) is 7.61. The van der Waals surface area contributed by atoms with E-state index in [-0.39, 0.29) is 0 Å². The monoisotopic (exact) mass is 730 g/mol. The highest BCUT2D eigenvalue weighted by atomic mass is 32.1. The lowest BCUT2D eigenvalue weighted by atomic mass is 9.67. The number of hydrogen-bond acceptors (Lipinski definition) is 3. The Bertz CT molecular complexity index is 2960. The van der Waals surface area contributed by atoms with E-state index in [1.54, 1.807) is 0 Å². The molecule has 11 rings (SSSR count). The smallest absolute Gasteiger partial charge is 0.161 e. The summed E-state index contributed by atoms with van der Waals surface area (Å²) in [4.78, 5) is 10.9. The second-order valence-electron chi connectivity index (χ2n) is 14.4. The van der Waals surface area contributed by atoms with Crippen LogP contribution in [-0.2, 0) is 5.41 Å². The lowest BCUT2D eigenvalue weighted by molar-refractivity contribution is 0.768. The third-order valence-electron chi connectivity index (χ3n) is 11.4. The van der Waals surface area contributed by atoms with Crippen LogP contribution in [0.3, 0.4) is 0 Å². The summed E-state index contributed by atoms with van der Waals surface area (Å²) in [7, 11) is 0. The highest BCUT2D eigenvalue weighted by Gasteiger charge is 2.46. The molecule has 0 fully saturated rings. The average molecular weight is 731 g/mol. The third kappa shape index (κ3) is 5.02. The first kappa shape index (κ1) is 32.5. The van der Waals surface area contributed by atoms with Crippen molar-refractivity contribution in [3.05, 3.63) is 229 Å². The molecule has 3 heteroatoms. The zero-order valence-corrected chi connectivity index (χ0v) is 31.2. The van der Waals surface area contributed by atoms with Crippen LogP contribution in [0.4, 0.5) is 0 Å². The van der Waals surface area contributed by atoms with E-state index in [0.29, 0.717) is 5.82 Å². The van der Waals surface area contributed by atoms with Crippen LogP contribution in [0.15, 0.2) is 206 Å². The van der Waals surface area contributed by atoms with Gasteiger partial charge in [-0.3, -0.25) is 0 Å². The fraction of sp³-hybridized carbons (Fsp3) is 0.0189. The van der Waals surface area contributed by atoms with E-state index >= 15 is 0 Å². The van der Waals surface area contributed by atoms with Crippen molar-refractivity contribution in [3.63, 3.8) is 0 Å². The van der Waals surface area contributed by atoms with Crippen LogP contribution in [0, 0.1) is 0 Å². The Hall–Kier alpha value is -6.94. The number of aromatic nitrogens is 2. The fourth-order valence-corrected chi connectivity index (χ4v) is 10.2. The van der Waals surface area contributed by atoms with E-state index in [0.717, 1.165) is 33.6 Å². The normalized spacial score (nSPS) is 12.8. The Morgan fingerprint density at radius 2 is 0.893 bits per heavy atom. The summed E-state index contributed by atoms with van der Waals surface area (Å²) in [5.74, 6) is 0.701. The van der Waals surface area contributed by atoms with Gasteiger partial charge in [0.25, 0.3) is 0 Å². The Morgan fingerprint density at radius 1 is 0.357 bits per heavy atom. The largest absolute Gasteiger partial charge is 0.228 e. The topological polar surface area (TPSA) is 25.8 Å². The van der Waals surface area contributed by atoms with Gasteiger partial charge in [0.05, 0.1) is 16.8 Å². The molecule has 0 amide bonds. The van der Waals surface area contributed by atoms with Crippen molar-refractivity contribution in [2.24, 2.45) is 0 Å². The van der Waals surface area contributed by atoms with Gasteiger partial charge in [0.1, 0.15) is 0 Å². The number of nitrogens with zero attached hydrogens (tertiary/aromatic N) is 2. The number of rotatable bonds is 6. The molecule has 0 radical (unpaired) electrons. The molecule has 262 valence electrons. The third-order valence-corrected chi connectivity index (χ3v) is 12.6. The molecule has 2 heterocycles. The maximum absolute atomic E-state index is 5.47. The molecule has 0 N–H and O–H groups in total. The first-order valence-electron chi connectivity index (χ1n) is 19.1. The summed E-state index contributed by atoms with van der Waals surface area (Å²) in [5, 5.41) is 2.55. The molecular formula is C53H34N2S. The van der Waals surface area contributed by atoms with Crippen molar-refractivity contribution >= 4 is 31.5 Å². The average Bonchev–Trinajstić information content (AvgIpc) is 3.81. The molecule has 0 saturated carbocycles. The van der Waals surface area contributed by atoms with Crippen LogP contribution in [0.5, 0.6) is 0 Å². The van der Waals surface area contributed by atoms with Gasteiger partial charge in [0, 0.05) is 42.4 Å². The molecule has 2 aromatic heterocycles. The number of thiophene rings is 1. The van der Waals surface area contributed by atoms with Crippen molar-refractivity contribution < 1.29 is 0 Å². The summed E-state index contributed by atoms with van der Waals surface area (Å²) in [6.45, 7) is 0. The van der Waals surface area contributed by atoms with Gasteiger partial charge < -0.3 is 0 Å². The van der Waals surface area contributed by atoms with Crippen LogP contribution >= 0.6 is 11.3 Å². The predicted octanol–water partition coefficient (Wildman–Crippen LogP) is 13.9. The molecule has 0 spiro atoms. The van der Waals surface area contributed by atoms with Gasteiger partial charge in [-0.1, -0.05) is 182 Å². The second kappa shape index (κ2) is 13.1. The van der Waals surface area contributed by atoms with Crippen molar-refractivity contribution in [2.45, 2.75) is 5.41 Å². The first-order valence-corrected chi connectivity index (χ1v) is 19.9. The zero-order valence-electron chi connectivity index (χ0n) is 30.4. The van der Waals surface area contributed by atoms with Crippen molar-refractivity contribution in [2.75, 3.05) is 0 Å². The summed E-state index contributed by atoms with van der Waals surface area (Å²) in [6, 6.07) is 74.4. The van der Waals surface area contributed by atoms with Gasteiger partial charge >= 0.3 is 0 Å². The highest BCUT2D eigenvalue weighted by molar-refractivity contribution is 7.26. The van der Waals surface area contributed by atoms with Gasteiger partial charge in [0.2, 0.25) is 0 Å². The molecule has 1 aliphatic carbocycles. The van der Waals surface area contributed by atoms with Crippen molar-refractivity contribution in [3.8, 4) is 56.2 Å². The number of hydrogen-bond donors (Lipinski definition) is 0. The molecular weight excluding hydrogens is 697 g/mol. The van der Waals surface area contributed by atoms with Gasteiger partial charge in [-0.15, -0.1) is 11.3 Å². The predicted molar refractivity (Wildman–Crippen MR) is 234 cm³/mol. The summed E-state index contributed by atoms with van der Waals surface area (Å²) >= 11 is 1.86. The van der Waals surface area contributed by atoms with E-state index in [4.69, 9.17) is 9.97 Å². The van der Waals surface area contributed by atoms with Crippen LogP contribution in [0.2, 0.25) is 0 Å². The second-order valence-corrected chi connectivity index (χ2v) is 15.5. The standard InChI is InChI=1S/C53H34N2S/c1-5-18-35(19-6-1)48-34-49(36-20-7-2-8-21-36)55-52(54-48)45-33-47-44(32-43(45)42-29-17-28-41-40-27-14-16-31-50(40)56-51(41)42)39-26-13-15-30-46(39)53(47,37-22-9-3-10-23-37)38-24-11-4-12-25-38/h1-34H. The molecule has 10 aromatic rings. The first-order chi connectivity index (χ1) is 27.8. The van der Waals surface area contributed by atoms with Gasteiger partial charge in [-0.05, 0) is 63.2 Å². The minimum absolute atomic E-state index is 0.565. The zero-order chi connectivity index (χ0) is 37.1. The molecule has 1 aliphatic rings. The molecule has 0 aliphatic heterocycles. The molecule has 0 unspecified atom stereocenters. The summed E-state index contributed by atoms with van der Waals surface area (Å²) in [5.41, 5.74) is 14.1. The van der Waals surface area contributed by atoms with Crippen LogP contribution in [0.25, 0.3) is 76.3 Å². The van der Waals surface area contributed by atoms with Gasteiger partial charge in [-0.25, -0.2) is 9.97 Å². The lowest BCUT2D eigenvalue weighted by Crippen LogP contribution is -2.28. The van der Waals surface area contributed by atoms with E-state index in [2.05, 4.69) is 206 Å². The van der Waals surface area contributed by atoms with Crippen molar-refractivity contribution in [1.29, 1.82) is 0 Å². The minimum Gasteiger partial charge on any atom is -0.228 e. The lowest BCUT2D eigenvalue weighted by Gasteiger charge is -2.34. The number of fused-ring (bicyclic) bond motifs is 6. The highest BCUT2D eigenvalue weighted by Crippen LogP contribution is 2.58. The molecule has 2 nitrogen and oxygen atoms in total. The van der Waals surface area contributed by atoms with Crippen molar-refractivity contribution in [1.82, 2.24) is 9.97 Å². The van der Waals surface area contributed by atoms with Crippen LogP contribution in [-0.4, -0.2) is 9.97 Å². The van der Waals surface area contributed by atoms with E-state index in [9.17, 15) is 0 Å². The van der Waals surface area contributed by atoms with E-state index in [1.165, 1.54) is 59.1 Å². The maximum Gasteiger partial charge on any atom is 0.161 e. The van der Waals surface area contributed by atoms with Gasteiger partial charge in [-0.2, -0.15) is 0 Å². The molecule has 0 atom stereocenters. The molecule has 8 aromatic carbocycles. The summed E-state index contributed by atoms with van der Waals surface area (Å²) in [6.07, 6.45) is 0. The van der Waals surface area contributed by atoms with Gasteiger partial charge in [0.15, 0.2) is 5.82 Å². The SMILES string of the molecule is c1ccc(-c2cc(-c3ccccc3)nc(-c3cc4c(cc3-c3cccc5c3sc3ccccc35)-c3ccccc3C4(c3ccccc3)c3ccccc3)n2)cc1. The number of benzene rings is 8. The van der Waals surface area contributed by atoms with E-state index < -0.39 is 5.41 Å². The van der Waals surface area contributed by atoms with Crippen LogP contribution < -0.4 is 0 Å². The molecule has 0 bridgehead atoms. The maximum atomic E-state index is 5.47. The minimum atomic E-state index is -0.565. The summed E-state index contributed by atoms with van der Waals surface area (Å²) < 4.78 is 2.55. The van der Waals surface area contributed by atoms with Crippen LogP contribution in [0.1, 0.15) is 22.3 Å². The molecule has 56 heavy (non-hydrogen) atoms. The Labute approximate surface area is 330 Å². The fourth-order valence-electron chi connectivity index (χ4n) is 8.94. The quantitative estimate of drug-likeness (QED) is 0.170.